The van der Waals surface area contributed by atoms with Crippen molar-refractivity contribution in [2.24, 2.45) is 0 Å². The summed E-state index contributed by atoms with van der Waals surface area (Å²) in [6, 6.07) is 3.35. The molecule has 1 aromatic heterocycles. The van der Waals surface area contributed by atoms with E-state index in [9.17, 15) is 4.79 Å². The highest BCUT2D eigenvalue weighted by atomic mass is 32.1. The maximum absolute atomic E-state index is 11.1. The maximum Gasteiger partial charge on any atom is 0.221 e. The van der Waals surface area contributed by atoms with E-state index in [1.54, 1.807) is 18.3 Å². The van der Waals surface area contributed by atoms with Crippen LogP contribution in [0.15, 0.2) is 11.4 Å². The predicted octanol–water partition coefficient (Wildman–Crippen LogP) is 2.03. The van der Waals surface area contributed by atoms with Gasteiger partial charge in [0.15, 0.2) is 0 Å². The lowest BCUT2D eigenvalue weighted by Gasteiger charge is -2.21. The minimum atomic E-state index is 0.00230. The van der Waals surface area contributed by atoms with Crippen molar-refractivity contribution in [2.75, 3.05) is 18.4 Å². The second kappa shape index (κ2) is 5.61. The average Bonchev–Trinajstić information content (AvgIpc) is 3.02. The SMILES string of the molecule is CC(=O)Nc1ccsc1CNC1CCN2CCCC12. The van der Waals surface area contributed by atoms with Crippen LogP contribution in [0, 0.1) is 0 Å². The van der Waals surface area contributed by atoms with Crippen LogP contribution >= 0.6 is 11.3 Å². The summed E-state index contributed by atoms with van der Waals surface area (Å²) in [4.78, 5) is 15.0. The van der Waals surface area contributed by atoms with Crippen LogP contribution in [0.3, 0.4) is 0 Å². The Bertz CT molecular complexity index is 459. The van der Waals surface area contributed by atoms with Gasteiger partial charge in [-0.05, 0) is 37.3 Å². The van der Waals surface area contributed by atoms with Crippen molar-refractivity contribution in [2.45, 2.75) is 44.8 Å². The van der Waals surface area contributed by atoms with E-state index in [1.807, 2.05) is 11.4 Å². The van der Waals surface area contributed by atoms with Crippen molar-refractivity contribution in [1.29, 1.82) is 0 Å². The van der Waals surface area contributed by atoms with Crippen molar-refractivity contribution < 1.29 is 4.79 Å². The molecule has 104 valence electrons. The summed E-state index contributed by atoms with van der Waals surface area (Å²) in [6.07, 6.45) is 3.94. The van der Waals surface area contributed by atoms with Gasteiger partial charge in [-0.15, -0.1) is 11.3 Å². The first kappa shape index (κ1) is 13.1. The largest absolute Gasteiger partial charge is 0.325 e. The van der Waals surface area contributed by atoms with Crippen LogP contribution in [-0.4, -0.2) is 36.0 Å². The zero-order chi connectivity index (χ0) is 13.2. The molecule has 0 saturated carbocycles. The van der Waals surface area contributed by atoms with Crippen molar-refractivity contribution in [3.8, 4) is 0 Å². The van der Waals surface area contributed by atoms with E-state index in [4.69, 9.17) is 0 Å². The van der Waals surface area contributed by atoms with Gasteiger partial charge in [-0.2, -0.15) is 0 Å². The molecule has 2 aliphatic heterocycles. The lowest BCUT2D eigenvalue weighted by Crippen LogP contribution is -2.38. The van der Waals surface area contributed by atoms with Crippen LogP contribution in [0.1, 0.15) is 31.1 Å². The van der Waals surface area contributed by atoms with Crippen molar-refractivity contribution in [1.82, 2.24) is 10.2 Å². The van der Waals surface area contributed by atoms with Crippen LogP contribution in [0.5, 0.6) is 0 Å². The molecule has 19 heavy (non-hydrogen) atoms. The van der Waals surface area contributed by atoms with Gasteiger partial charge in [-0.3, -0.25) is 9.69 Å². The van der Waals surface area contributed by atoms with E-state index in [0.717, 1.165) is 18.3 Å². The Morgan fingerprint density at radius 2 is 2.37 bits per heavy atom. The van der Waals surface area contributed by atoms with Crippen LogP contribution in [0.25, 0.3) is 0 Å². The van der Waals surface area contributed by atoms with Gasteiger partial charge in [0, 0.05) is 37.0 Å². The Labute approximate surface area is 118 Å². The Hall–Kier alpha value is -0.910. The van der Waals surface area contributed by atoms with Crippen LogP contribution < -0.4 is 10.6 Å². The van der Waals surface area contributed by atoms with E-state index >= 15 is 0 Å². The number of hydrogen-bond acceptors (Lipinski definition) is 4. The normalized spacial score (nSPS) is 26.6. The van der Waals surface area contributed by atoms with E-state index in [0.29, 0.717) is 6.04 Å². The van der Waals surface area contributed by atoms with Crippen molar-refractivity contribution in [3.05, 3.63) is 16.3 Å². The fourth-order valence-electron chi connectivity index (χ4n) is 3.32. The minimum Gasteiger partial charge on any atom is -0.325 e. The molecule has 2 unspecified atom stereocenters. The third-order valence-electron chi connectivity index (χ3n) is 4.19. The summed E-state index contributed by atoms with van der Waals surface area (Å²) in [5.41, 5.74) is 0.964. The van der Waals surface area contributed by atoms with Gasteiger partial charge in [0.2, 0.25) is 5.91 Å². The standard InChI is InChI=1S/C14H21N3OS/c1-10(18)16-12-5-8-19-14(12)9-15-11-4-7-17-6-2-3-13(11)17/h5,8,11,13,15H,2-4,6-7,9H2,1H3,(H,16,18). The van der Waals surface area contributed by atoms with E-state index in [1.165, 1.54) is 37.2 Å². The number of rotatable bonds is 4. The van der Waals surface area contributed by atoms with Crippen molar-refractivity contribution in [3.63, 3.8) is 0 Å². The number of nitrogens with zero attached hydrogens (tertiary/aromatic N) is 1. The van der Waals surface area contributed by atoms with Gasteiger partial charge in [0.05, 0.1) is 5.69 Å². The summed E-state index contributed by atoms with van der Waals surface area (Å²) >= 11 is 1.71. The molecule has 4 nitrogen and oxygen atoms in total. The Morgan fingerprint density at radius 1 is 1.47 bits per heavy atom. The highest BCUT2D eigenvalue weighted by Crippen LogP contribution is 2.29. The number of anilines is 1. The molecule has 5 heteroatoms. The summed E-state index contributed by atoms with van der Waals surface area (Å²) in [7, 11) is 0. The van der Waals surface area contributed by atoms with Crippen LogP contribution in [0.4, 0.5) is 5.69 Å². The zero-order valence-corrected chi connectivity index (χ0v) is 12.1. The average molecular weight is 279 g/mol. The van der Waals surface area contributed by atoms with Gasteiger partial charge in [0.1, 0.15) is 0 Å². The molecule has 3 rings (SSSR count). The van der Waals surface area contributed by atoms with E-state index < -0.39 is 0 Å². The number of fused-ring (bicyclic) bond motifs is 1. The number of carbonyl (C=O) groups excluding carboxylic acids is 1. The number of hydrogen-bond donors (Lipinski definition) is 2. The molecule has 0 radical (unpaired) electrons. The van der Waals surface area contributed by atoms with Gasteiger partial charge in [0.25, 0.3) is 0 Å². The summed E-state index contributed by atoms with van der Waals surface area (Å²) in [5.74, 6) is 0.00230. The number of nitrogens with one attached hydrogen (secondary N) is 2. The van der Waals surface area contributed by atoms with Crippen molar-refractivity contribution >= 4 is 22.9 Å². The first-order chi connectivity index (χ1) is 9.24. The Morgan fingerprint density at radius 3 is 3.21 bits per heavy atom. The second-order valence-electron chi connectivity index (χ2n) is 5.46. The number of amides is 1. The molecule has 0 aromatic carbocycles. The van der Waals surface area contributed by atoms with E-state index in [2.05, 4.69) is 15.5 Å². The molecule has 2 N–H and O–H groups in total. The summed E-state index contributed by atoms with van der Waals surface area (Å²) < 4.78 is 0. The second-order valence-corrected chi connectivity index (χ2v) is 6.46. The van der Waals surface area contributed by atoms with Gasteiger partial charge in [-0.1, -0.05) is 0 Å². The third kappa shape index (κ3) is 2.83. The molecule has 0 spiro atoms. The van der Waals surface area contributed by atoms with Crippen LogP contribution in [0.2, 0.25) is 0 Å². The number of carbonyl (C=O) groups is 1. The molecular formula is C14H21N3OS. The Kier molecular flexibility index (Phi) is 3.86. The highest BCUT2D eigenvalue weighted by Gasteiger charge is 2.36. The van der Waals surface area contributed by atoms with Gasteiger partial charge < -0.3 is 10.6 Å². The monoisotopic (exact) mass is 279 g/mol. The summed E-state index contributed by atoms with van der Waals surface area (Å²) in [5, 5.41) is 8.62. The first-order valence-corrected chi connectivity index (χ1v) is 7.93. The molecule has 1 aromatic rings. The molecule has 3 heterocycles. The lowest BCUT2D eigenvalue weighted by molar-refractivity contribution is -0.114. The third-order valence-corrected chi connectivity index (χ3v) is 5.11. The lowest BCUT2D eigenvalue weighted by atomic mass is 10.1. The molecule has 0 bridgehead atoms. The summed E-state index contributed by atoms with van der Waals surface area (Å²) in [6.45, 7) is 4.94. The molecule has 0 aliphatic carbocycles. The predicted molar refractivity (Wildman–Crippen MR) is 78.5 cm³/mol. The van der Waals surface area contributed by atoms with Crippen LogP contribution in [-0.2, 0) is 11.3 Å². The number of thiophene rings is 1. The Balaban J connectivity index is 1.57. The minimum absolute atomic E-state index is 0.00230. The molecule has 2 saturated heterocycles. The molecular weight excluding hydrogens is 258 g/mol. The molecule has 2 atom stereocenters. The molecule has 1 amide bonds. The smallest absolute Gasteiger partial charge is 0.221 e. The highest BCUT2D eigenvalue weighted by molar-refractivity contribution is 7.10. The fourth-order valence-corrected chi connectivity index (χ4v) is 4.10. The maximum atomic E-state index is 11.1. The quantitative estimate of drug-likeness (QED) is 0.886. The molecule has 2 aliphatic rings. The molecule has 2 fully saturated rings. The van der Waals surface area contributed by atoms with Gasteiger partial charge in [-0.25, -0.2) is 0 Å². The topological polar surface area (TPSA) is 44.4 Å². The zero-order valence-electron chi connectivity index (χ0n) is 11.3. The first-order valence-electron chi connectivity index (χ1n) is 7.05. The van der Waals surface area contributed by atoms with E-state index in [-0.39, 0.29) is 5.91 Å². The fraction of sp³-hybridized carbons (Fsp3) is 0.643. The van der Waals surface area contributed by atoms with Gasteiger partial charge >= 0.3 is 0 Å².